The molecule has 5 heteroatoms. The highest BCUT2D eigenvalue weighted by Gasteiger charge is 2.25. The molecule has 1 fully saturated rings. The van der Waals surface area contributed by atoms with Gasteiger partial charge in [0.25, 0.3) is 0 Å². The second-order valence-electron chi connectivity index (χ2n) is 7.30. The van der Waals surface area contributed by atoms with Crippen LogP contribution in [0.3, 0.4) is 0 Å². The standard InChI is InChI=1S/C18H37N3OS/c1-6-19-18(20-12-16(7-9-22)11-14(2)3)21-8-10-23-17(13-21)15(4)5/h14-17,22H,6-13H2,1-5H3,(H,19,20). The molecule has 0 saturated carbocycles. The van der Waals surface area contributed by atoms with Crippen LogP contribution < -0.4 is 5.32 Å². The van der Waals surface area contributed by atoms with Crippen LogP contribution in [-0.2, 0) is 0 Å². The minimum Gasteiger partial charge on any atom is -0.396 e. The van der Waals surface area contributed by atoms with Crippen molar-refractivity contribution in [2.45, 2.75) is 52.7 Å². The molecule has 23 heavy (non-hydrogen) atoms. The molecule has 0 aromatic rings. The highest BCUT2D eigenvalue weighted by molar-refractivity contribution is 8.00. The Balaban J connectivity index is 2.70. The molecule has 0 bridgehead atoms. The van der Waals surface area contributed by atoms with Gasteiger partial charge in [-0.1, -0.05) is 27.7 Å². The maximum atomic E-state index is 9.29. The summed E-state index contributed by atoms with van der Waals surface area (Å²) in [5.41, 5.74) is 0. The van der Waals surface area contributed by atoms with Gasteiger partial charge < -0.3 is 15.3 Å². The lowest BCUT2D eigenvalue weighted by molar-refractivity contribution is 0.245. The SMILES string of the molecule is CCNC(=NCC(CCO)CC(C)C)N1CCSC(C(C)C)C1. The molecule has 4 nitrogen and oxygen atoms in total. The van der Waals surface area contributed by atoms with E-state index in [-0.39, 0.29) is 6.61 Å². The zero-order valence-corrected chi connectivity index (χ0v) is 16.5. The predicted octanol–water partition coefficient (Wildman–Crippen LogP) is 3.07. The molecule has 0 aliphatic carbocycles. The van der Waals surface area contributed by atoms with E-state index in [1.807, 2.05) is 0 Å². The summed E-state index contributed by atoms with van der Waals surface area (Å²) < 4.78 is 0. The lowest BCUT2D eigenvalue weighted by Gasteiger charge is -2.36. The third kappa shape index (κ3) is 7.79. The Morgan fingerprint density at radius 3 is 2.65 bits per heavy atom. The van der Waals surface area contributed by atoms with Crippen LogP contribution in [0.1, 0.15) is 47.5 Å². The van der Waals surface area contributed by atoms with Gasteiger partial charge >= 0.3 is 0 Å². The molecule has 0 aromatic heterocycles. The van der Waals surface area contributed by atoms with E-state index < -0.39 is 0 Å². The summed E-state index contributed by atoms with van der Waals surface area (Å²) in [5.74, 6) is 4.08. The number of nitrogens with one attached hydrogen (secondary N) is 1. The Morgan fingerprint density at radius 2 is 2.09 bits per heavy atom. The van der Waals surface area contributed by atoms with Gasteiger partial charge in [-0.25, -0.2) is 0 Å². The summed E-state index contributed by atoms with van der Waals surface area (Å²) in [6, 6.07) is 0. The summed E-state index contributed by atoms with van der Waals surface area (Å²) in [7, 11) is 0. The first-order valence-electron chi connectivity index (χ1n) is 9.23. The number of nitrogens with zero attached hydrogens (tertiary/aromatic N) is 2. The van der Waals surface area contributed by atoms with Crippen LogP contribution in [-0.4, -0.2) is 59.8 Å². The zero-order valence-electron chi connectivity index (χ0n) is 15.7. The molecule has 1 aliphatic rings. The van der Waals surface area contributed by atoms with E-state index >= 15 is 0 Å². The lowest BCUT2D eigenvalue weighted by atomic mass is 9.94. The molecule has 1 aliphatic heterocycles. The molecule has 0 aromatic carbocycles. The van der Waals surface area contributed by atoms with Gasteiger partial charge in [0.1, 0.15) is 0 Å². The highest BCUT2D eigenvalue weighted by atomic mass is 32.2. The molecule has 1 heterocycles. The maximum absolute atomic E-state index is 9.29. The van der Waals surface area contributed by atoms with Gasteiger partial charge in [0.2, 0.25) is 0 Å². The van der Waals surface area contributed by atoms with Crippen LogP contribution >= 0.6 is 11.8 Å². The van der Waals surface area contributed by atoms with E-state index in [2.05, 4.69) is 56.6 Å². The Labute approximate surface area is 147 Å². The smallest absolute Gasteiger partial charge is 0.193 e. The fourth-order valence-corrected chi connectivity index (χ4v) is 4.34. The van der Waals surface area contributed by atoms with Crippen LogP contribution in [0.15, 0.2) is 4.99 Å². The van der Waals surface area contributed by atoms with Gasteiger partial charge in [0.15, 0.2) is 5.96 Å². The van der Waals surface area contributed by atoms with Crippen LogP contribution in [0, 0.1) is 17.8 Å². The van der Waals surface area contributed by atoms with Crippen molar-refractivity contribution in [2.75, 3.05) is 38.5 Å². The van der Waals surface area contributed by atoms with Crippen molar-refractivity contribution in [3.05, 3.63) is 0 Å². The summed E-state index contributed by atoms with van der Waals surface area (Å²) in [6.45, 7) is 15.4. The topological polar surface area (TPSA) is 47.9 Å². The monoisotopic (exact) mass is 343 g/mol. The Kier molecular flexibility index (Phi) is 10.0. The van der Waals surface area contributed by atoms with E-state index in [0.717, 1.165) is 45.0 Å². The van der Waals surface area contributed by atoms with Gasteiger partial charge in [0, 0.05) is 43.8 Å². The van der Waals surface area contributed by atoms with E-state index in [1.165, 1.54) is 5.75 Å². The minimum atomic E-state index is 0.263. The maximum Gasteiger partial charge on any atom is 0.193 e. The predicted molar refractivity (Wildman–Crippen MR) is 103 cm³/mol. The molecule has 0 spiro atoms. The van der Waals surface area contributed by atoms with E-state index in [1.54, 1.807) is 0 Å². The van der Waals surface area contributed by atoms with Crippen molar-refractivity contribution in [3.8, 4) is 0 Å². The Bertz CT molecular complexity index is 347. The Hall–Kier alpha value is -0.420. The summed E-state index contributed by atoms with van der Waals surface area (Å²) in [4.78, 5) is 7.34. The highest BCUT2D eigenvalue weighted by Crippen LogP contribution is 2.25. The number of aliphatic hydroxyl groups is 1. The first-order valence-corrected chi connectivity index (χ1v) is 10.3. The number of aliphatic hydroxyl groups excluding tert-OH is 1. The third-order valence-corrected chi connectivity index (χ3v) is 5.85. The Morgan fingerprint density at radius 1 is 1.35 bits per heavy atom. The van der Waals surface area contributed by atoms with Crippen molar-refractivity contribution >= 4 is 17.7 Å². The largest absolute Gasteiger partial charge is 0.396 e. The molecule has 1 rings (SSSR count). The van der Waals surface area contributed by atoms with Crippen molar-refractivity contribution in [1.29, 1.82) is 0 Å². The van der Waals surface area contributed by atoms with E-state index in [4.69, 9.17) is 4.99 Å². The van der Waals surface area contributed by atoms with E-state index in [9.17, 15) is 5.11 Å². The number of guanidine groups is 1. The van der Waals surface area contributed by atoms with Crippen molar-refractivity contribution in [3.63, 3.8) is 0 Å². The van der Waals surface area contributed by atoms with Crippen molar-refractivity contribution in [1.82, 2.24) is 10.2 Å². The molecule has 2 atom stereocenters. The van der Waals surface area contributed by atoms with Crippen LogP contribution in [0.25, 0.3) is 0 Å². The van der Waals surface area contributed by atoms with Crippen LogP contribution in [0.5, 0.6) is 0 Å². The number of aliphatic imine (C=N–C) groups is 1. The molecular weight excluding hydrogens is 306 g/mol. The van der Waals surface area contributed by atoms with Crippen molar-refractivity contribution in [2.24, 2.45) is 22.7 Å². The molecule has 0 amide bonds. The van der Waals surface area contributed by atoms with E-state index in [0.29, 0.717) is 23.0 Å². The average molecular weight is 344 g/mol. The second-order valence-corrected chi connectivity index (χ2v) is 8.65. The third-order valence-electron chi connectivity index (χ3n) is 4.31. The van der Waals surface area contributed by atoms with Gasteiger partial charge in [-0.05, 0) is 37.5 Å². The lowest BCUT2D eigenvalue weighted by Crippen LogP contribution is -2.49. The minimum absolute atomic E-state index is 0.263. The quantitative estimate of drug-likeness (QED) is 0.525. The summed E-state index contributed by atoms with van der Waals surface area (Å²) >= 11 is 2.09. The van der Waals surface area contributed by atoms with Crippen LogP contribution in [0.2, 0.25) is 0 Å². The fourth-order valence-electron chi connectivity index (χ4n) is 3.05. The van der Waals surface area contributed by atoms with Gasteiger partial charge in [-0.15, -0.1) is 0 Å². The number of thioether (sulfide) groups is 1. The van der Waals surface area contributed by atoms with Gasteiger partial charge in [-0.2, -0.15) is 11.8 Å². The number of hydrogen-bond acceptors (Lipinski definition) is 3. The first kappa shape index (κ1) is 20.6. The summed E-state index contributed by atoms with van der Waals surface area (Å²) in [6.07, 6.45) is 1.99. The molecular formula is C18H37N3OS. The molecule has 0 radical (unpaired) electrons. The molecule has 136 valence electrons. The summed E-state index contributed by atoms with van der Waals surface area (Å²) in [5, 5.41) is 13.4. The zero-order chi connectivity index (χ0) is 17.2. The normalized spacial score (nSPS) is 21.1. The molecule has 1 saturated heterocycles. The first-order chi connectivity index (χ1) is 11.0. The number of hydrogen-bond donors (Lipinski definition) is 2. The number of rotatable bonds is 8. The molecule has 2 unspecified atom stereocenters. The second kappa shape index (κ2) is 11.2. The fraction of sp³-hybridized carbons (Fsp3) is 0.944. The molecule has 2 N–H and O–H groups in total. The van der Waals surface area contributed by atoms with Crippen LogP contribution in [0.4, 0.5) is 0 Å². The average Bonchev–Trinajstić information content (AvgIpc) is 2.51. The van der Waals surface area contributed by atoms with Gasteiger partial charge in [-0.3, -0.25) is 4.99 Å². The van der Waals surface area contributed by atoms with Gasteiger partial charge in [0.05, 0.1) is 0 Å². The van der Waals surface area contributed by atoms with Crippen molar-refractivity contribution < 1.29 is 5.11 Å².